The number of hydrogen-bond acceptors (Lipinski definition) is 6. The number of hydrogen-bond donors (Lipinski definition) is 2. The Morgan fingerprint density at radius 3 is 2.39 bits per heavy atom. The molecule has 0 aliphatic carbocycles. The fourth-order valence-corrected chi connectivity index (χ4v) is 3.81. The SMILES string of the molecule is CCOP(=O)(CN1C[C@H](O)C[C@H]1C(=O)O)OCC. The molecule has 1 saturated heterocycles. The molecule has 1 aliphatic rings. The predicted octanol–water partition coefficient (Wildman–Crippen LogP) is 0.730. The Morgan fingerprint density at radius 1 is 1.39 bits per heavy atom. The van der Waals surface area contributed by atoms with E-state index in [0.717, 1.165) is 0 Å². The lowest BCUT2D eigenvalue weighted by atomic mass is 10.2. The summed E-state index contributed by atoms with van der Waals surface area (Å²) >= 11 is 0. The van der Waals surface area contributed by atoms with Crippen LogP contribution < -0.4 is 0 Å². The zero-order valence-electron chi connectivity index (χ0n) is 10.6. The topological polar surface area (TPSA) is 96.3 Å². The van der Waals surface area contributed by atoms with E-state index in [1.54, 1.807) is 13.8 Å². The molecule has 0 bridgehead atoms. The predicted molar refractivity (Wildman–Crippen MR) is 64.5 cm³/mol. The molecule has 2 atom stereocenters. The number of carboxylic acid groups (broad SMARTS) is 1. The van der Waals surface area contributed by atoms with Crippen LogP contribution in [0.3, 0.4) is 0 Å². The fraction of sp³-hybridized carbons (Fsp3) is 0.900. The number of aliphatic hydroxyl groups excluding tert-OH is 1. The lowest BCUT2D eigenvalue weighted by Crippen LogP contribution is -2.37. The Balaban J connectivity index is 2.73. The Hall–Kier alpha value is -0.460. The molecule has 0 aromatic heterocycles. The van der Waals surface area contributed by atoms with Gasteiger partial charge in [-0.05, 0) is 13.8 Å². The van der Waals surface area contributed by atoms with Crippen molar-refractivity contribution in [1.82, 2.24) is 4.90 Å². The molecule has 0 aromatic carbocycles. The molecule has 1 rings (SSSR count). The van der Waals surface area contributed by atoms with Crippen LogP contribution in [-0.4, -0.2) is 59.3 Å². The summed E-state index contributed by atoms with van der Waals surface area (Å²) in [7, 11) is -3.32. The van der Waals surface area contributed by atoms with Crippen molar-refractivity contribution < 1.29 is 28.6 Å². The Labute approximate surface area is 106 Å². The third kappa shape index (κ3) is 4.03. The molecule has 106 valence electrons. The van der Waals surface area contributed by atoms with Crippen LogP contribution in [0.4, 0.5) is 0 Å². The minimum atomic E-state index is -3.32. The van der Waals surface area contributed by atoms with Crippen LogP contribution in [0.1, 0.15) is 20.3 Å². The second kappa shape index (κ2) is 6.63. The van der Waals surface area contributed by atoms with Gasteiger partial charge in [0.2, 0.25) is 0 Å². The van der Waals surface area contributed by atoms with Gasteiger partial charge in [-0.3, -0.25) is 14.3 Å². The number of β-amino-alcohol motifs (C(OH)–C–C–N with tert-alkyl or cyclic N) is 1. The minimum Gasteiger partial charge on any atom is -0.480 e. The zero-order chi connectivity index (χ0) is 13.8. The van der Waals surface area contributed by atoms with Crippen LogP contribution in [0.2, 0.25) is 0 Å². The first-order valence-electron chi connectivity index (χ1n) is 5.95. The van der Waals surface area contributed by atoms with Crippen molar-refractivity contribution in [2.75, 3.05) is 26.0 Å². The highest BCUT2D eigenvalue weighted by Crippen LogP contribution is 2.49. The molecule has 2 N–H and O–H groups in total. The van der Waals surface area contributed by atoms with Gasteiger partial charge in [0.05, 0.1) is 19.3 Å². The summed E-state index contributed by atoms with van der Waals surface area (Å²) in [6.07, 6.45) is -0.696. The highest BCUT2D eigenvalue weighted by Gasteiger charge is 2.40. The Bertz CT molecular complexity index is 326. The maximum atomic E-state index is 12.3. The van der Waals surface area contributed by atoms with E-state index in [1.807, 2.05) is 0 Å². The average Bonchev–Trinajstić information content (AvgIpc) is 2.59. The summed E-state index contributed by atoms with van der Waals surface area (Å²) in [5, 5.41) is 18.5. The van der Waals surface area contributed by atoms with E-state index in [-0.39, 0.29) is 32.5 Å². The number of rotatable bonds is 7. The molecular weight excluding hydrogens is 261 g/mol. The van der Waals surface area contributed by atoms with Crippen molar-refractivity contribution in [3.05, 3.63) is 0 Å². The van der Waals surface area contributed by atoms with Gasteiger partial charge in [0.15, 0.2) is 0 Å². The third-order valence-electron chi connectivity index (χ3n) is 2.67. The molecule has 0 spiro atoms. The van der Waals surface area contributed by atoms with Crippen LogP contribution in [0, 0.1) is 0 Å². The van der Waals surface area contributed by atoms with Crippen LogP contribution in [-0.2, 0) is 18.4 Å². The Kier molecular flexibility index (Phi) is 5.75. The normalized spacial score (nSPS) is 25.5. The zero-order valence-corrected chi connectivity index (χ0v) is 11.5. The quantitative estimate of drug-likeness (QED) is 0.664. The summed E-state index contributed by atoms with van der Waals surface area (Å²) < 4.78 is 22.5. The molecule has 0 amide bonds. The summed E-state index contributed by atoms with van der Waals surface area (Å²) in [5.41, 5.74) is 0. The van der Waals surface area contributed by atoms with E-state index >= 15 is 0 Å². The van der Waals surface area contributed by atoms with E-state index < -0.39 is 25.7 Å². The summed E-state index contributed by atoms with van der Waals surface area (Å²) in [4.78, 5) is 12.5. The first-order valence-corrected chi connectivity index (χ1v) is 7.67. The monoisotopic (exact) mass is 281 g/mol. The molecule has 0 unspecified atom stereocenters. The number of carbonyl (C=O) groups is 1. The fourth-order valence-electron chi connectivity index (χ4n) is 2.03. The van der Waals surface area contributed by atoms with Crippen molar-refractivity contribution in [3.63, 3.8) is 0 Å². The van der Waals surface area contributed by atoms with Gasteiger partial charge in [-0.15, -0.1) is 0 Å². The van der Waals surface area contributed by atoms with E-state index in [4.69, 9.17) is 14.2 Å². The summed E-state index contributed by atoms with van der Waals surface area (Å²) in [6, 6.07) is -0.839. The van der Waals surface area contributed by atoms with E-state index in [1.165, 1.54) is 4.90 Å². The first-order chi connectivity index (χ1) is 8.41. The molecule has 0 saturated carbocycles. The Morgan fingerprint density at radius 2 is 1.94 bits per heavy atom. The average molecular weight is 281 g/mol. The number of aliphatic hydroxyl groups is 1. The molecule has 1 heterocycles. The molecule has 18 heavy (non-hydrogen) atoms. The van der Waals surface area contributed by atoms with Gasteiger partial charge in [-0.1, -0.05) is 0 Å². The molecule has 7 nitrogen and oxygen atoms in total. The van der Waals surface area contributed by atoms with E-state index in [0.29, 0.717) is 0 Å². The second-order valence-electron chi connectivity index (χ2n) is 4.10. The largest absolute Gasteiger partial charge is 0.480 e. The third-order valence-corrected chi connectivity index (χ3v) is 4.69. The second-order valence-corrected chi connectivity index (χ2v) is 6.12. The lowest BCUT2D eigenvalue weighted by molar-refractivity contribution is -0.141. The van der Waals surface area contributed by atoms with E-state index in [2.05, 4.69) is 0 Å². The summed E-state index contributed by atoms with van der Waals surface area (Å²) in [5.74, 6) is -1.04. The number of aliphatic carboxylic acids is 1. The van der Waals surface area contributed by atoms with Crippen molar-refractivity contribution in [2.45, 2.75) is 32.4 Å². The van der Waals surface area contributed by atoms with Gasteiger partial charge in [0, 0.05) is 13.0 Å². The smallest absolute Gasteiger partial charge is 0.344 e. The highest BCUT2D eigenvalue weighted by molar-refractivity contribution is 7.53. The maximum Gasteiger partial charge on any atom is 0.344 e. The first kappa shape index (κ1) is 15.6. The molecule has 0 radical (unpaired) electrons. The van der Waals surface area contributed by atoms with Gasteiger partial charge in [-0.25, -0.2) is 0 Å². The molecule has 1 aliphatic heterocycles. The van der Waals surface area contributed by atoms with Crippen LogP contribution in [0.25, 0.3) is 0 Å². The van der Waals surface area contributed by atoms with Crippen LogP contribution in [0.5, 0.6) is 0 Å². The maximum absolute atomic E-state index is 12.3. The molecular formula is C10H20NO6P. The standard InChI is InChI=1S/C10H20NO6P/c1-3-16-18(15,17-4-2)7-11-6-8(12)5-9(11)10(13)14/h8-9,12H,3-7H2,1-2H3,(H,13,14)/t8-,9+/m1/s1. The number of carboxylic acids is 1. The van der Waals surface area contributed by atoms with Crippen LogP contribution in [0.15, 0.2) is 0 Å². The molecule has 0 aromatic rings. The number of likely N-dealkylation sites (tertiary alicyclic amines) is 1. The van der Waals surface area contributed by atoms with Crippen molar-refractivity contribution >= 4 is 13.6 Å². The van der Waals surface area contributed by atoms with Crippen molar-refractivity contribution in [1.29, 1.82) is 0 Å². The van der Waals surface area contributed by atoms with Gasteiger partial charge >= 0.3 is 13.6 Å². The molecule has 1 fully saturated rings. The number of nitrogens with zero attached hydrogens (tertiary/aromatic N) is 1. The van der Waals surface area contributed by atoms with Crippen molar-refractivity contribution in [2.24, 2.45) is 0 Å². The lowest BCUT2D eigenvalue weighted by Gasteiger charge is -2.25. The minimum absolute atomic E-state index is 0.108. The molecule has 8 heteroatoms. The van der Waals surface area contributed by atoms with Gasteiger partial charge in [-0.2, -0.15) is 0 Å². The van der Waals surface area contributed by atoms with Crippen molar-refractivity contribution in [3.8, 4) is 0 Å². The van der Waals surface area contributed by atoms with Gasteiger partial charge < -0.3 is 19.3 Å². The van der Waals surface area contributed by atoms with E-state index in [9.17, 15) is 14.5 Å². The van der Waals surface area contributed by atoms with Crippen LogP contribution >= 0.6 is 7.60 Å². The summed E-state index contributed by atoms with van der Waals surface area (Å²) in [6.45, 7) is 4.01. The van der Waals surface area contributed by atoms with Gasteiger partial charge in [0.1, 0.15) is 12.3 Å². The van der Waals surface area contributed by atoms with Gasteiger partial charge in [0.25, 0.3) is 0 Å². The highest BCUT2D eigenvalue weighted by atomic mass is 31.2.